The second-order valence-corrected chi connectivity index (χ2v) is 8.14. The van der Waals surface area contributed by atoms with Gasteiger partial charge in [0, 0.05) is 17.2 Å². The minimum Gasteiger partial charge on any atom is -0.379 e. The van der Waals surface area contributed by atoms with Crippen molar-refractivity contribution in [3.05, 3.63) is 53.6 Å². The smallest absolute Gasteiger partial charge is 0.127 e. The molecular weight excluding hydrogens is 317 g/mol. The van der Waals surface area contributed by atoms with E-state index in [1.807, 2.05) is 12.2 Å². The van der Waals surface area contributed by atoms with Crippen LogP contribution in [-0.4, -0.2) is 31.5 Å². The number of fused-ring (bicyclic) bond motifs is 3. The first-order valence-corrected chi connectivity index (χ1v) is 9.08. The first-order valence-electron chi connectivity index (χ1n) is 9.08. The Morgan fingerprint density at radius 3 is 2.60 bits per heavy atom. The molecule has 4 heteroatoms. The lowest BCUT2D eigenvalue weighted by molar-refractivity contribution is -0.155. The summed E-state index contributed by atoms with van der Waals surface area (Å²) in [6.07, 6.45) is 5.89. The third-order valence-corrected chi connectivity index (χ3v) is 5.41. The van der Waals surface area contributed by atoms with Gasteiger partial charge in [-0.25, -0.2) is 4.39 Å². The lowest BCUT2D eigenvalue weighted by Gasteiger charge is -2.46. The number of rotatable bonds is 1. The van der Waals surface area contributed by atoms with Gasteiger partial charge >= 0.3 is 0 Å². The maximum Gasteiger partial charge on any atom is 0.127 e. The lowest BCUT2D eigenvalue weighted by atomic mass is 9.79. The summed E-state index contributed by atoms with van der Waals surface area (Å²) in [7, 11) is 0. The summed E-state index contributed by atoms with van der Waals surface area (Å²) >= 11 is 0. The average molecular weight is 343 g/mol. The Bertz CT molecular complexity index is 706. The van der Waals surface area contributed by atoms with Crippen LogP contribution in [0.1, 0.15) is 38.0 Å². The van der Waals surface area contributed by atoms with Crippen LogP contribution >= 0.6 is 0 Å². The van der Waals surface area contributed by atoms with E-state index in [1.165, 1.54) is 5.56 Å². The zero-order valence-electron chi connectivity index (χ0n) is 15.0. The fourth-order valence-corrected chi connectivity index (χ4v) is 3.99. The third-order valence-electron chi connectivity index (χ3n) is 5.41. The molecule has 1 fully saturated rings. The van der Waals surface area contributed by atoms with Crippen molar-refractivity contribution in [1.82, 2.24) is 0 Å². The number of benzene rings is 1. The van der Waals surface area contributed by atoms with Crippen LogP contribution < -0.4 is 5.32 Å². The monoisotopic (exact) mass is 343 g/mol. The topological polar surface area (TPSA) is 30.5 Å². The van der Waals surface area contributed by atoms with Crippen LogP contribution in [0.2, 0.25) is 0 Å². The molecule has 3 aliphatic rings. The van der Waals surface area contributed by atoms with E-state index in [2.05, 4.69) is 44.3 Å². The molecule has 0 saturated carbocycles. The lowest BCUT2D eigenvalue weighted by Crippen LogP contribution is -2.53. The fourth-order valence-electron chi connectivity index (χ4n) is 3.99. The van der Waals surface area contributed by atoms with Gasteiger partial charge in [-0.15, -0.1) is 0 Å². The van der Waals surface area contributed by atoms with Gasteiger partial charge in [0.1, 0.15) is 18.4 Å². The molecule has 2 unspecified atom stereocenters. The predicted molar refractivity (Wildman–Crippen MR) is 97.7 cm³/mol. The Hall–Kier alpha value is -1.65. The molecule has 1 aromatic carbocycles. The van der Waals surface area contributed by atoms with Gasteiger partial charge in [-0.1, -0.05) is 57.2 Å². The molecule has 5 atom stereocenters. The molecule has 1 aromatic rings. The van der Waals surface area contributed by atoms with E-state index in [0.29, 0.717) is 13.2 Å². The summed E-state index contributed by atoms with van der Waals surface area (Å²) in [6, 6.07) is 6.33. The van der Waals surface area contributed by atoms with Crippen LogP contribution in [0.15, 0.2) is 42.5 Å². The Labute approximate surface area is 148 Å². The van der Waals surface area contributed by atoms with E-state index in [1.54, 1.807) is 12.2 Å². The first kappa shape index (κ1) is 16.8. The van der Waals surface area contributed by atoms with E-state index in [-0.39, 0.29) is 29.6 Å². The summed E-state index contributed by atoms with van der Waals surface area (Å²) in [6.45, 7) is 7.74. The number of allylic oxidation sites excluding steroid dienone is 3. The van der Waals surface area contributed by atoms with E-state index in [9.17, 15) is 4.39 Å². The molecule has 2 aliphatic heterocycles. The number of nitrogens with one attached hydrogen (secondary N) is 1. The fraction of sp³-hybridized carbons (Fsp3) is 0.524. The largest absolute Gasteiger partial charge is 0.379 e. The van der Waals surface area contributed by atoms with Gasteiger partial charge in [0.15, 0.2) is 0 Å². The zero-order valence-corrected chi connectivity index (χ0v) is 15.0. The molecule has 25 heavy (non-hydrogen) atoms. The van der Waals surface area contributed by atoms with Gasteiger partial charge in [0.25, 0.3) is 0 Å². The quantitative estimate of drug-likeness (QED) is 0.824. The standard InChI is InChI=1S/C21H26FNO2/c1-21(2,3)13-8-9-17-15(12-13)19-20(25-11-10-24-19)18(23-17)14-6-4-5-7-16(14)22/h4-9,12,14,16,18-20,23H,10-11H2,1-3H3/t14?,16?,18-,19+,20-/m0/s1. The minimum atomic E-state index is -1.01. The molecule has 0 amide bonds. The average Bonchev–Trinajstić information content (AvgIpc) is 2.60. The molecule has 3 nitrogen and oxygen atoms in total. The van der Waals surface area contributed by atoms with Crippen LogP contribution in [0.25, 0.3) is 0 Å². The predicted octanol–water partition coefficient (Wildman–Crippen LogP) is 4.32. The van der Waals surface area contributed by atoms with Crippen molar-refractivity contribution in [3.8, 4) is 0 Å². The van der Waals surface area contributed by atoms with Crippen molar-refractivity contribution in [2.24, 2.45) is 5.92 Å². The number of alkyl halides is 1. The molecule has 0 spiro atoms. The third kappa shape index (κ3) is 3.02. The van der Waals surface area contributed by atoms with Gasteiger partial charge in [-0.2, -0.15) is 0 Å². The highest BCUT2D eigenvalue weighted by atomic mass is 19.1. The van der Waals surface area contributed by atoms with Crippen molar-refractivity contribution in [2.45, 2.75) is 50.6 Å². The Morgan fingerprint density at radius 1 is 1.08 bits per heavy atom. The molecule has 1 N–H and O–H groups in total. The van der Waals surface area contributed by atoms with Crippen molar-refractivity contribution >= 4 is 5.69 Å². The second-order valence-electron chi connectivity index (χ2n) is 8.14. The number of hydrogen-bond donors (Lipinski definition) is 1. The van der Waals surface area contributed by atoms with Gasteiger partial charge in [0.2, 0.25) is 0 Å². The number of hydrogen-bond acceptors (Lipinski definition) is 3. The second kappa shape index (κ2) is 6.26. The Kier molecular flexibility index (Phi) is 4.20. The highest BCUT2D eigenvalue weighted by Crippen LogP contribution is 2.43. The summed E-state index contributed by atoms with van der Waals surface area (Å²) in [4.78, 5) is 0. The molecule has 134 valence electrons. The van der Waals surface area contributed by atoms with Gasteiger partial charge < -0.3 is 14.8 Å². The molecule has 4 rings (SSSR count). The van der Waals surface area contributed by atoms with E-state index >= 15 is 0 Å². The summed E-state index contributed by atoms with van der Waals surface area (Å²) in [5.74, 6) is -0.255. The van der Waals surface area contributed by atoms with Gasteiger partial charge in [0.05, 0.1) is 19.3 Å². The van der Waals surface area contributed by atoms with Gasteiger partial charge in [-0.3, -0.25) is 0 Å². The van der Waals surface area contributed by atoms with E-state index in [4.69, 9.17) is 9.47 Å². The van der Waals surface area contributed by atoms with Crippen LogP contribution in [0.5, 0.6) is 0 Å². The maximum absolute atomic E-state index is 14.5. The molecule has 1 saturated heterocycles. The molecule has 2 heterocycles. The SMILES string of the molecule is CC(C)(C)c1ccc2c(c1)[C@H]1OCCO[C@H]1[C@H](C1C=CC=CC1F)N2. The van der Waals surface area contributed by atoms with Crippen LogP contribution in [0.4, 0.5) is 10.1 Å². The molecule has 0 radical (unpaired) electrons. The van der Waals surface area contributed by atoms with Crippen molar-refractivity contribution in [2.75, 3.05) is 18.5 Å². The van der Waals surface area contributed by atoms with Crippen LogP contribution in [0.3, 0.4) is 0 Å². The summed E-state index contributed by atoms with van der Waals surface area (Å²) in [5.41, 5.74) is 3.49. The van der Waals surface area contributed by atoms with E-state index < -0.39 is 6.17 Å². The van der Waals surface area contributed by atoms with E-state index in [0.717, 1.165) is 11.3 Å². The first-order chi connectivity index (χ1) is 11.9. The van der Waals surface area contributed by atoms with Crippen molar-refractivity contribution < 1.29 is 13.9 Å². The van der Waals surface area contributed by atoms with Crippen LogP contribution in [0, 0.1) is 5.92 Å². The normalized spacial score (nSPS) is 34.2. The molecular formula is C21H26FNO2. The van der Waals surface area contributed by atoms with Crippen LogP contribution in [-0.2, 0) is 14.9 Å². The minimum absolute atomic E-state index is 0.0673. The molecule has 0 aromatic heterocycles. The molecule has 0 bridgehead atoms. The zero-order chi connectivity index (χ0) is 17.6. The highest BCUT2D eigenvalue weighted by molar-refractivity contribution is 5.59. The number of anilines is 1. The van der Waals surface area contributed by atoms with Crippen molar-refractivity contribution in [3.63, 3.8) is 0 Å². The Balaban J connectivity index is 1.73. The summed E-state index contributed by atoms with van der Waals surface area (Å²) < 4.78 is 26.7. The van der Waals surface area contributed by atoms with Gasteiger partial charge in [-0.05, 0) is 17.0 Å². The Morgan fingerprint density at radius 2 is 1.84 bits per heavy atom. The number of halogens is 1. The highest BCUT2D eigenvalue weighted by Gasteiger charge is 2.45. The number of ether oxygens (including phenoxy) is 2. The molecule has 1 aliphatic carbocycles. The maximum atomic E-state index is 14.5. The summed E-state index contributed by atoms with van der Waals surface area (Å²) in [5, 5.41) is 3.54. The van der Waals surface area contributed by atoms with Crippen molar-refractivity contribution in [1.29, 1.82) is 0 Å².